The van der Waals surface area contributed by atoms with Crippen molar-refractivity contribution in [3.8, 4) is 5.75 Å². The highest BCUT2D eigenvalue weighted by molar-refractivity contribution is 7.92. The second kappa shape index (κ2) is 11.8. The van der Waals surface area contributed by atoms with Gasteiger partial charge in [-0.15, -0.1) is 11.3 Å². The van der Waals surface area contributed by atoms with Crippen LogP contribution >= 0.6 is 11.3 Å². The molecule has 2 aromatic carbocycles. The monoisotopic (exact) mass is 611 g/mol. The molecule has 0 radical (unpaired) electrons. The lowest BCUT2D eigenvalue weighted by Crippen LogP contribution is -2.50. The number of nitrogens with one attached hydrogen (secondary N) is 1. The van der Waals surface area contributed by atoms with Crippen LogP contribution in [-0.2, 0) is 20.0 Å². The van der Waals surface area contributed by atoms with E-state index in [9.17, 15) is 31.1 Å². The van der Waals surface area contributed by atoms with Crippen molar-refractivity contribution in [3.05, 3.63) is 71.4 Å². The summed E-state index contributed by atoms with van der Waals surface area (Å²) < 4.78 is 75.1. The summed E-state index contributed by atoms with van der Waals surface area (Å²) in [5, 5.41) is 11.5. The summed E-state index contributed by atoms with van der Waals surface area (Å²) in [7, 11) is -6.40. The van der Waals surface area contributed by atoms with Crippen molar-refractivity contribution < 1.29 is 35.9 Å². The zero-order valence-corrected chi connectivity index (χ0v) is 24.5. The van der Waals surface area contributed by atoms with Crippen LogP contribution in [0.25, 0.3) is 0 Å². The van der Waals surface area contributed by atoms with Crippen molar-refractivity contribution >= 4 is 43.0 Å². The highest BCUT2D eigenvalue weighted by atomic mass is 32.2. The van der Waals surface area contributed by atoms with E-state index >= 15 is 0 Å². The number of fused-ring (bicyclic) bond motifs is 1. The highest BCUT2D eigenvalue weighted by Gasteiger charge is 2.35. The molecule has 14 heteroatoms. The first-order valence-corrected chi connectivity index (χ1v) is 16.1. The Morgan fingerprint density at radius 3 is 2.50 bits per heavy atom. The van der Waals surface area contributed by atoms with Crippen molar-refractivity contribution in [3.63, 3.8) is 0 Å². The molecule has 10 nitrogen and oxygen atoms in total. The number of aliphatic hydroxyl groups excluding tert-OH is 1. The Morgan fingerprint density at radius 1 is 1.18 bits per heavy atom. The van der Waals surface area contributed by atoms with E-state index in [2.05, 4.69) is 4.72 Å². The first-order chi connectivity index (χ1) is 18.8. The second-order valence-electron chi connectivity index (χ2n) is 9.61. The molecule has 1 amide bonds. The van der Waals surface area contributed by atoms with E-state index in [1.165, 1.54) is 40.5 Å². The van der Waals surface area contributed by atoms with Crippen LogP contribution in [0, 0.1) is 11.7 Å². The summed E-state index contributed by atoms with van der Waals surface area (Å²) >= 11 is 1.10. The van der Waals surface area contributed by atoms with Crippen LogP contribution in [0.2, 0.25) is 0 Å². The van der Waals surface area contributed by atoms with Crippen molar-refractivity contribution in [1.82, 2.24) is 9.21 Å². The number of ether oxygens (including phenoxy) is 1. The first kappa shape index (κ1) is 29.9. The van der Waals surface area contributed by atoms with Crippen LogP contribution in [0.5, 0.6) is 5.75 Å². The van der Waals surface area contributed by atoms with Crippen LogP contribution in [0.3, 0.4) is 0 Å². The number of carbonyl (C=O) groups excluding carboxylic acids is 1. The number of benzene rings is 2. The number of anilines is 1. The summed E-state index contributed by atoms with van der Waals surface area (Å²) in [6, 6.07) is 11.1. The molecule has 0 unspecified atom stereocenters. The number of nitrogens with zero attached hydrogens (tertiary/aromatic N) is 2. The molecule has 1 aromatic heterocycles. The highest BCUT2D eigenvalue weighted by Crippen LogP contribution is 2.32. The Hall–Kier alpha value is -3.04. The molecule has 216 valence electrons. The number of hydrogen-bond acceptors (Lipinski definition) is 8. The normalized spacial score (nSPS) is 18.9. The topological polar surface area (TPSA) is 133 Å². The van der Waals surface area contributed by atoms with E-state index < -0.39 is 43.9 Å². The first-order valence-electron chi connectivity index (χ1n) is 12.3. The zero-order valence-electron chi connectivity index (χ0n) is 22.0. The fraction of sp³-hybridized carbons (Fsp3) is 0.346. The minimum atomic E-state index is -4.09. The van der Waals surface area contributed by atoms with Gasteiger partial charge in [-0.2, -0.15) is 4.31 Å². The van der Waals surface area contributed by atoms with Crippen molar-refractivity contribution in [2.75, 3.05) is 31.5 Å². The van der Waals surface area contributed by atoms with Gasteiger partial charge in [0.05, 0.1) is 29.7 Å². The van der Waals surface area contributed by atoms with E-state index in [0.29, 0.717) is 0 Å². The minimum absolute atomic E-state index is 0.0185. The molecule has 1 aliphatic heterocycles. The maximum absolute atomic E-state index is 13.6. The van der Waals surface area contributed by atoms with Gasteiger partial charge in [0.25, 0.3) is 26.0 Å². The van der Waals surface area contributed by atoms with Gasteiger partial charge in [-0.05, 0) is 60.8 Å². The van der Waals surface area contributed by atoms with Gasteiger partial charge in [-0.1, -0.05) is 13.0 Å². The molecule has 1 aliphatic rings. The molecular weight excluding hydrogens is 581 g/mol. The van der Waals surface area contributed by atoms with E-state index in [1.54, 1.807) is 18.4 Å². The third-order valence-electron chi connectivity index (χ3n) is 6.64. The smallest absolute Gasteiger partial charge is 0.261 e. The van der Waals surface area contributed by atoms with Gasteiger partial charge >= 0.3 is 0 Å². The number of rotatable bonds is 9. The van der Waals surface area contributed by atoms with Gasteiger partial charge in [0.15, 0.2) is 0 Å². The number of halogens is 1. The Morgan fingerprint density at radius 2 is 1.88 bits per heavy atom. The molecular formula is C26H30FN3O7S3. The van der Waals surface area contributed by atoms with Gasteiger partial charge in [-0.25, -0.2) is 21.2 Å². The van der Waals surface area contributed by atoms with Crippen molar-refractivity contribution in [1.29, 1.82) is 0 Å². The third-order valence-corrected chi connectivity index (χ3v) is 11.2. The van der Waals surface area contributed by atoms with Gasteiger partial charge in [0.2, 0.25) is 0 Å². The van der Waals surface area contributed by atoms with Gasteiger partial charge in [0, 0.05) is 25.2 Å². The summed E-state index contributed by atoms with van der Waals surface area (Å²) in [6.07, 6.45) is -0.679. The summed E-state index contributed by atoms with van der Waals surface area (Å²) in [4.78, 5) is 14.9. The molecule has 0 saturated heterocycles. The van der Waals surface area contributed by atoms with Crippen LogP contribution in [0.1, 0.15) is 24.2 Å². The minimum Gasteiger partial charge on any atom is -0.488 e. The standard InChI is InChI=1S/C26H30FN3O7S3/c1-17-14-30(18(2)16-31)26(32)22-13-20(28-39(33,34)21-9-6-19(27)7-10-21)8-11-23(22)37-24(17)15-29(3)40(35,36)25-5-4-12-38-25/h4-13,17-18,24,28,31H,14-16H2,1-3H3/t17-,18+,24-/m0/s1. The predicted molar refractivity (Wildman–Crippen MR) is 149 cm³/mol. The summed E-state index contributed by atoms with van der Waals surface area (Å²) in [5.74, 6) is -1.25. The molecule has 3 atom stereocenters. The Labute approximate surface area is 237 Å². The van der Waals surface area contributed by atoms with E-state index in [4.69, 9.17) is 4.74 Å². The van der Waals surface area contributed by atoms with Gasteiger partial charge in [0.1, 0.15) is 21.9 Å². The lowest BCUT2D eigenvalue weighted by atomic mass is 9.99. The second-order valence-corrected chi connectivity index (χ2v) is 14.5. The predicted octanol–water partition coefficient (Wildman–Crippen LogP) is 3.23. The average molecular weight is 612 g/mol. The van der Waals surface area contributed by atoms with E-state index in [-0.39, 0.29) is 51.7 Å². The Bertz CT molecular complexity index is 1560. The van der Waals surface area contributed by atoms with E-state index in [0.717, 1.165) is 35.6 Å². The number of sulfonamides is 2. The number of aliphatic hydroxyl groups is 1. The molecule has 40 heavy (non-hydrogen) atoms. The molecule has 0 bridgehead atoms. The largest absolute Gasteiger partial charge is 0.488 e. The number of carbonyl (C=O) groups is 1. The summed E-state index contributed by atoms with van der Waals surface area (Å²) in [5.41, 5.74) is 0.111. The van der Waals surface area contributed by atoms with Crippen LogP contribution in [-0.4, -0.2) is 75.9 Å². The van der Waals surface area contributed by atoms with Crippen molar-refractivity contribution in [2.45, 2.75) is 35.1 Å². The molecule has 2 N–H and O–H groups in total. The Kier molecular flexibility index (Phi) is 8.85. The number of likely N-dealkylation sites (N-methyl/N-ethyl adjacent to an activating group) is 1. The SMILES string of the molecule is C[C@H](CO)N1C[C@H](C)[C@H](CN(C)S(=O)(=O)c2cccs2)Oc2ccc(NS(=O)(=O)c3ccc(F)cc3)cc2C1=O. The molecule has 0 saturated carbocycles. The van der Waals surface area contributed by atoms with Gasteiger partial charge < -0.3 is 14.7 Å². The number of thiophene rings is 1. The van der Waals surface area contributed by atoms with Gasteiger partial charge in [-0.3, -0.25) is 9.52 Å². The molecule has 0 spiro atoms. The molecule has 0 aliphatic carbocycles. The van der Waals surface area contributed by atoms with Crippen molar-refractivity contribution in [2.24, 2.45) is 5.92 Å². The van der Waals surface area contributed by atoms with Crippen LogP contribution in [0.15, 0.2) is 69.1 Å². The molecule has 3 aromatic rings. The fourth-order valence-electron chi connectivity index (χ4n) is 4.25. The van der Waals surface area contributed by atoms with E-state index in [1.807, 2.05) is 6.92 Å². The van der Waals surface area contributed by atoms with Crippen LogP contribution in [0.4, 0.5) is 10.1 Å². The zero-order chi connectivity index (χ0) is 29.2. The molecule has 0 fully saturated rings. The fourth-order valence-corrected chi connectivity index (χ4v) is 7.68. The quantitative estimate of drug-likeness (QED) is 0.380. The third kappa shape index (κ3) is 6.31. The maximum atomic E-state index is 13.6. The molecule has 2 heterocycles. The average Bonchev–Trinajstić information content (AvgIpc) is 3.47. The number of hydrogen-bond donors (Lipinski definition) is 2. The lowest BCUT2D eigenvalue weighted by molar-refractivity contribution is 0.0387. The lowest BCUT2D eigenvalue weighted by Gasteiger charge is -2.38. The number of amides is 1. The van der Waals surface area contributed by atoms with Crippen LogP contribution < -0.4 is 9.46 Å². The maximum Gasteiger partial charge on any atom is 0.261 e. The Balaban J connectivity index is 1.68. The summed E-state index contributed by atoms with van der Waals surface area (Å²) in [6.45, 7) is 3.33. The molecule has 4 rings (SSSR count).